The first kappa shape index (κ1) is 25.7. The first-order chi connectivity index (χ1) is 18.2. The number of fused-ring (bicyclic) bond motifs is 3. The molecule has 0 amide bonds. The van der Waals surface area contributed by atoms with Gasteiger partial charge in [0.1, 0.15) is 15.5 Å². The average Bonchev–Trinajstić information content (AvgIpc) is 3.65. The summed E-state index contributed by atoms with van der Waals surface area (Å²) in [6.07, 6.45) is 4.72. The second-order valence-electron chi connectivity index (χ2n) is 11.9. The molecule has 2 aromatic heterocycles. The number of hydrogen-bond donors (Lipinski definition) is 0. The van der Waals surface area contributed by atoms with Crippen molar-refractivity contribution in [1.82, 2.24) is 0 Å². The summed E-state index contributed by atoms with van der Waals surface area (Å²) < 4.78 is 11.9. The predicted molar refractivity (Wildman–Crippen MR) is 144 cm³/mol. The van der Waals surface area contributed by atoms with Crippen LogP contribution < -0.4 is 0 Å². The Hall–Kier alpha value is -2.58. The van der Waals surface area contributed by atoms with Crippen LogP contribution in [0.2, 0.25) is 0 Å². The number of ether oxygens (including phenoxy) is 2. The predicted octanol–water partition coefficient (Wildman–Crippen LogP) is 6.13. The van der Waals surface area contributed by atoms with Gasteiger partial charge in [0.05, 0.1) is 18.6 Å². The number of esters is 2. The molecule has 3 unspecified atom stereocenters. The largest absolute Gasteiger partial charge is 0.461 e. The smallest absolute Gasteiger partial charge is 0.348 e. The summed E-state index contributed by atoms with van der Waals surface area (Å²) in [6.45, 7) is 6.54. The van der Waals surface area contributed by atoms with E-state index in [9.17, 15) is 19.2 Å². The molecule has 1 spiro atoms. The van der Waals surface area contributed by atoms with E-state index >= 15 is 0 Å². The van der Waals surface area contributed by atoms with Crippen molar-refractivity contribution in [2.45, 2.75) is 51.9 Å². The van der Waals surface area contributed by atoms with Gasteiger partial charge in [-0.25, -0.2) is 9.59 Å². The van der Waals surface area contributed by atoms with Crippen LogP contribution in [0, 0.1) is 34.0 Å². The third-order valence-corrected chi connectivity index (χ3v) is 11.8. The highest BCUT2D eigenvalue weighted by Gasteiger charge is 2.72. The SMILES string of the molecule is C=C1C(=O)[C@]23CCC1CC2[C@]1(COC(=O)c2cccs2)CCC[C@@](C)(COC(=O)c2cccs2)C1CC3=O. The van der Waals surface area contributed by atoms with Gasteiger partial charge in [0.15, 0.2) is 5.78 Å². The van der Waals surface area contributed by atoms with E-state index in [0.717, 1.165) is 25.7 Å². The van der Waals surface area contributed by atoms with Gasteiger partial charge in [-0.05, 0) is 78.3 Å². The van der Waals surface area contributed by atoms with E-state index in [2.05, 4.69) is 13.5 Å². The minimum Gasteiger partial charge on any atom is -0.461 e. The summed E-state index contributed by atoms with van der Waals surface area (Å²) in [7, 11) is 0. The Kier molecular flexibility index (Phi) is 6.26. The van der Waals surface area contributed by atoms with E-state index < -0.39 is 16.2 Å². The van der Waals surface area contributed by atoms with E-state index in [0.29, 0.717) is 28.2 Å². The molecule has 0 N–H and O–H groups in total. The lowest BCUT2D eigenvalue weighted by molar-refractivity contribution is -0.200. The molecule has 2 heterocycles. The number of hydrogen-bond acceptors (Lipinski definition) is 8. The van der Waals surface area contributed by atoms with Crippen LogP contribution in [-0.4, -0.2) is 36.7 Å². The number of ketones is 2. The van der Waals surface area contributed by atoms with Crippen LogP contribution in [0.1, 0.15) is 71.2 Å². The number of thiophene rings is 2. The van der Waals surface area contributed by atoms with E-state index in [1.165, 1.54) is 22.7 Å². The van der Waals surface area contributed by atoms with Crippen molar-refractivity contribution < 1.29 is 28.7 Å². The number of allylic oxidation sites excluding steroid dienone is 1. The minimum absolute atomic E-state index is 0.00489. The Bertz CT molecular complexity index is 1300. The van der Waals surface area contributed by atoms with Crippen LogP contribution in [-0.2, 0) is 19.1 Å². The average molecular weight is 553 g/mol. The lowest BCUT2D eigenvalue weighted by Gasteiger charge is -2.66. The van der Waals surface area contributed by atoms with Gasteiger partial charge in [-0.15, -0.1) is 22.7 Å². The van der Waals surface area contributed by atoms with Crippen LogP contribution in [0.5, 0.6) is 0 Å². The van der Waals surface area contributed by atoms with Gasteiger partial charge in [-0.2, -0.15) is 0 Å². The van der Waals surface area contributed by atoms with Gasteiger partial charge < -0.3 is 9.47 Å². The fourth-order valence-electron chi connectivity index (χ4n) is 8.33. The van der Waals surface area contributed by atoms with Gasteiger partial charge in [0.25, 0.3) is 0 Å². The zero-order chi connectivity index (χ0) is 26.7. The molecule has 7 rings (SSSR count). The molecule has 5 fully saturated rings. The Balaban J connectivity index is 1.36. The molecule has 6 nitrogen and oxygen atoms in total. The van der Waals surface area contributed by atoms with E-state index in [-0.39, 0.29) is 60.9 Å². The van der Waals surface area contributed by atoms with Crippen LogP contribution >= 0.6 is 22.7 Å². The van der Waals surface area contributed by atoms with Crippen LogP contribution in [0.25, 0.3) is 0 Å². The highest BCUT2D eigenvalue weighted by Crippen LogP contribution is 2.70. The number of carbonyl (C=O) groups is 4. The Morgan fingerprint density at radius 2 is 1.63 bits per heavy atom. The van der Waals surface area contributed by atoms with Crippen molar-refractivity contribution in [1.29, 1.82) is 0 Å². The summed E-state index contributed by atoms with van der Waals surface area (Å²) in [4.78, 5) is 54.6. The molecule has 0 radical (unpaired) electrons. The fraction of sp³-hybridized carbons (Fsp3) is 0.533. The molecular formula is C30H32O6S2. The normalized spacial score (nSPS) is 35.9. The molecule has 0 aliphatic heterocycles. The van der Waals surface area contributed by atoms with E-state index in [1.807, 2.05) is 22.9 Å². The first-order valence-corrected chi connectivity index (χ1v) is 15.2. The highest BCUT2D eigenvalue weighted by atomic mass is 32.1. The lowest BCUT2D eigenvalue weighted by Crippen LogP contribution is -2.69. The Morgan fingerprint density at radius 3 is 2.26 bits per heavy atom. The zero-order valence-electron chi connectivity index (χ0n) is 21.5. The second-order valence-corrected chi connectivity index (χ2v) is 13.8. The third-order valence-electron chi connectivity index (χ3n) is 10.1. The molecule has 2 aromatic rings. The summed E-state index contributed by atoms with van der Waals surface area (Å²) in [5.74, 6) is -1.13. The van der Waals surface area contributed by atoms with Crippen molar-refractivity contribution in [2.75, 3.05) is 13.2 Å². The van der Waals surface area contributed by atoms with Gasteiger partial charge in [-0.1, -0.05) is 32.1 Å². The molecule has 8 heteroatoms. The summed E-state index contributed by atoms with van der Waals surface area (Å²) >= 11 is 2.68. The molecule has 5 aliphatic rings. The molecule has 5 aliphatic carbocycles. The van der Waals surface area contributed by atoms with E-state index in [4.69, 9.17) is 9.47 Å². The van der Waals surface area contributed by atoms with Gasteiger partial charge in [0.2, 0.25) is 0 Å². The van der Waals surface area contributed by atoms with Gasteiger partial charge >= 0.3 is 11.9 Å². The number of carbonyl (C=O) groups excluding carboxylic acids is 4. The molecule has 38 heavy (non-hydrogen) atoms. The van der Waals surface area contributed by atoms with Gasteiger partial charge in [-0.3, -0.25) is 9.59 Å². The molecule has 0 aromatic carbocycles. The Labute approximate surface area is 230 Å². The highest BCUT2D eigenvalue weighted by molar-refractivity contribution is 7.12. The molecular weight excluding hydrogens is 520 g/mol. The van der Waals surface area contributed by atoms with Crippen molar-refractivity contribution in [3.05, 3.63) is 56.9 Å². The number of rotatable bonds is 6. The quantitative estimate of drug-likeness (QED) is 0.243. The summed E-state index contributed by atoms with van der Waals surface area (Å²) in [6, 6.07) is 7.13. The van der Waals surface area contributed by atoms with Crippen LogP contribution in [0.15, 0.2) is 47.2 Å². The minimum atomic E-state index is -1.07. The van der Waals surface area contributed by atoms with Gasteiger partial charge in [0, 0.05) is 17.3 Å². The maximum atomic E-state index is 14.0. The molecule has 200 valence electrons. The fourth-order valence-corrected chi connectivity index (χ4v) is 9.56. The first-order valence-electron chi connectivity index (χ1n) is 13.4. The lowest BCUT2D eigenvalue weighted by atomic mass is 9.36. The number of Topliss-reactive ketones (excluding diaryl/α,β-unsaturated/α-hetero) is 2. The molecule has 6 atom stereocenters. The Morgan fingerprint density at radius 1 is 0.974 bits per heavy atom. The molecule has 5 saturated carbocycles. The monoisotopic (exact) mass is 552 g/mol. The summed E-state index contributed by atoms with van der Waals surface area (Å²) in [5.41, 5.74) is -1.50. The zero-order valence-corrected chi connectivity index (χ0v) is 23.2. The standard InChI is InChI=1S/C30H32O6S2/c1-18-19-8-11-30(25(18)32)23(14-19)29(17-36-27(34)21-7-4-13-38-21)10-5-9-28(2,22(29)15-24(30)31)16-35-26(33)20-6-3-12-37-20/h3-4,6-7,12-13,19,22-23H,1,5,8-11,14-17H2,2H3/t19?,22?,23?,28-,29-,30+/m0/s1. The van der Waals surface area contributed by atoms with Crippen molar-refractivity contribution in [3.8, 4) is 0 Å². The van der Waals surface area contributed by atoms with Crippen molar-refractivity contribution in [2.24, 2.45) is 34.0 Å². The molecule has 0 saturated heterocycles. The maximum Gasteiger partial charge on any atom is 0.348 e. The van der Waals surface area contributed by atoms with Crippen molar-refractivity contribution in [3.63, 3.8) is 0 Å². The molecule has 2 bridgehead atoms. The second kappa shape index (κ2) is 9.26. The van der Waals surface area contributed by atoms with E-state index in [1.54, 1.807) is 12.1 Å². The van der Waals surface area contributed by atoms with Crippen molar-refractivity contribution >= 4 is 46.2 Å². The topological polar surface area (TPSA) is 86.7 Å². The third kappa shape index (κ3) is 3.70. The van der Waals surface area contributed by atoms with Crippen LogP contribution in [0.4, 0.5) is 0 Å². The summed E-state index contributed by atoms with van der Waals surface area (Å²) in [5, 5.41) is 3.68. The maximum absolute atomic E-state index is 14.0. The van der Waals surface area contributed by atoms with Crippen LogP contribution in [0.3, 0.4) is 0 Å².